The van der Waals surface area contributed by atoms with Crippen LogP contribution in [0, 0.1) is 12.3 Å². The Hall–Kier alpha value is -1.06. The van der Waals surface area contributed by atoms with Crippen LogP contribution in [0.15, 0.2) is 18.2 Å². The van der Waals surface area contributed by atoms with Crippen LogP contribution in [-0.2, 0) is 4.79 Å². The van der Waals surface area contributed by atoms with Crippen LogP contribution >= 0.6 is 11.6 Å². The molecule has 1 aromatic carbocycles. The SMILES string of the molecule is Cc1ccc(N2C(=O)C(C)(C)C2N(C)C)cc1Cl. The second kappa shape index (κ2) is 4.25. The summed E-state index contributed by atoms with van der Waals surface area (Å²) in [6, 6.07) is 5.76. The predicted octanol–water partition coefficient (Wildman–Crippen LogP) is 2.91. The zero-order chi connectivity index (χ0) is 13.7. The fraction of sp³-hybridized carbons (Fsp3) is 0.500. The van der Waals surface area contributed by atoms with E-state index in [0.717, 1.165) is 11.3 Å². The maximum absolute atomic E-state index is 12.3. The number of carbonyl (C=O) groups excluding carboxylic acids is 1. The quantitative estimate of drug-likeness (QED) is 0.769. The van der Waals surface area contributed by atoms with E-state index in [1.807, 2.05) is 58.0 Å². The maximum Gasteiger partial charge on any atom is 0.237 e. The molecular formula is C14H19ClN2O. The number of halogens is 1. The summed E-state index contributed by atoms with van der Waals surface area (Å²) in [5, 5.41) is 0.697. The first-order chi connectivity index (χ1) is 8.26. The molecule has 1 aromatic rings. The van der Waals surface area contributed by atoms with Crippen LogP contribution < -0.4 is 4.90 Å². The van der Waals surface area contributed by atoms with Gasteiger partial charge in [-0.3, -0.25) is 14.6 Å². The number of anilines is 1. The first-order valence-corrected chi connectivity index (χ1v) is 6.41. The fourth-order valence-corrected chi connectivity index (χ4v) is 2.83. The summed E-state index contributed by atoms with van der Waals surface area (Å²) in [6.07, 6.45) is 0.0729. The number of benzene rings is 1. The molecule has 1 aliphatic rings. The fourth-order valence-electron chi connectivity index (χ4n) is 2.66. The zero-order valence-corrected chi connectivity index (χ0v) is 12.2. The Bertz CT molecular complexity index is 497. The molecule has 0 N–H and O–H groups in total. The molecule has 1 atom stereocenters. The molecular weight excluding hydrogens is 248 g/mol. The predicted molar refractivity (Wildman–Crippen MR) is 74.9 cm³/mol. The maximum atomic E-state index is 12.3. The summed E-state index contributed by atoms with van der Waals surface area (Å²) in [6.45, 7) is 5.91. The van der Waals surface area contributed by atoms with Gasteiger partial charge in [-0.25, -0.2) is 0 Å². The van der Waals surface area contributed by atoms with Gasteiger partial charge in [0.15, 0.2) is 0 Å². The molecule has 0 aromatic heterocycles. The average Bonchev–Trinajstić information content (AvgIpc) is 2.28. The summed E-state index contributed by atoms with van der Waals surface area (Å²) in [7, 11) is 3.98. The van der Waals surface area contributed by atoms with Gasteiger partial charge in [0.1, 0.15) is 6.17 Å². The van der Waals surface area contributed by atoms with E-state index in [4.69, 9.17) is 11.6 Å². The Balaban J connectivity index is 2.38. The molecule has 3 nitrogen and oxygen atoms in total. The summed E-state index contributed by atoms with van der Waals surface area (Å²) in [5.41, 5.74) is 1.55. The number of rotatable bonds is 2. The standard InChI is InChI=1S/C14H19ClN2O/c1-9-6-7-10(8-11(9)15)17-12(16(4)5)14(2,3)13(17)18/h6-8,12H,1-5H3. The summed E-state index contributed by atoms with van der Waals surface area (Å²) < 4.78 is 0. The Kier molecular flexibility index (Phi) is 3.16. The molecule has 1 amide bonds. The minimum atomic E-state index is -0.346. The van der Waals surface area contributed by atoms with Crippen LogP contribution in [0.1, 0.15) is 19.4 Å². The van der Waals surface area contributed by atoms with Gasteiger partial charge in [-0.05, 0) is 52.6 Å². The van der Waals surface area contributed by atoms with Crippen molar-refractivity contribution < 1.29 is 4.79 Å². The van der Waals surface area contributed by atoms with Crippen LogP contribution in [-0.4, -0.2) is 31.1 Å². The lowest BCUT2D eigenvalue weighted by atomic mass is 9.77. The first-order valence-electron chi connectivity index (χ1n) is 6.03. The smallest absolute Gasteiger partial charge is 0.237 e. The zero-order valence-electron chi connectivity index (χ0n) is 11.5. The topological polar surface area (TPSA) is 23.6 Å². The Morgan fingerprint density at radius 3 is 2.44 bits per heavy atom. The van der Waals surface area contributed by atoms with Gasteiger partial charge in [0.25, 0.3) is 0 Å². The molecule has 2 rings (SSSR count). The van der Waals surface area contributed by atoms with Crippen LogP contribution in [0.5, 0.6) is 0 Å². The van der Waals surface area contributed by atoms with Crippen molar-refractivity contribution in [3.05, 3.63) is 28.8 Å². The molecule has 18 heavy (non-hydrogen) atoms. The van der Waals surface area contributed by atoms with Gasteiger partial charge in [0.2, 0.25) is 5.91 Å². The summed E-state index contributed by atoms with van der Waals surface area (Å²) in [5.74, 6) is 0.140. The Morgan fingerprint density at radius 1 is 1.33 bits per heavy atom. The van der Waals surface area contributed by atoms with Crippen LogP contribution in [0.4, 0.5) is 5.69 Å². The van der Waals surface area contributed by atoms with E-state index in [-0.39, 0.29) is 17.5 Å². The monoisotopic (exact) mass is 266 g/mol. The summed E-state index contributed by atoms with van der Waals surface area (Å²) >= 11 is 6.13. The van der Waals surface area contributed by atoms with Crippen LogP contribution in [0.3, 0.4) is 0 Å². The molecule has 1 unspecified atom stereocenters. The molecule has 0 saturated carbocycles. The molecule has 0 radical (unpaired) electrons. The normalized spacial score (nSPS) is 22.3. The van der Waals surface area contributed by atoms with E-state index >= 15 is 0 Å². The molecule has 0 bridgehead atoms. The van der Waals surface area contributed by atoms with E-state index in [0.29, 0.717) is 5.02 Å². The number of hydrogen-bond acceptors (Lipinski definition) is 2. The van der Waals surface area contributed by atoms with E-state index in [1.165, 1.54) is 0 Å². The number of amides is 1. The van der Waals surface area contributed by atoms with Crippen molar-refractivity contribution in [2.45, 2.75) is 26.9 Å². The van der Waals surface area contributed by atoms with Crippen molar-refractivity contribution in [2.24, 2.45) is 5.41 Å². The second-order valence-corrected chi connectivity index (χ2v) is 6.07. The molecule has 1 aliphatic heterocycles. The molecule has 1 fully saturated rings. The summed E-state index contributed by atoms with van der Waals surface area (Å²) in [4.78, 5) is 16.1. The lowest BCUT2D eigenvalue weighted by Gasteiger charge is -2.55. The van der Waals surface area contributed by atoms with E-state index in [2.05, 4.69) is 4.90 Å². The van der Waals surface area contributed by atoms with Gasteiger partial charge in [0.05, 0.1) is 5.41 Å². The van der Waals surface area contributed by atoms with Crippen molar-refractivity contribution in [1.82, 2.24) is 4.90 Å². The largest absolute Gasteiger partial charge is 0.294 e. The van der Waals surface area contributed by atoms with Gasteiger partial charge in [-0.2, -0.15) is 0 Å². The van der Waals surface area contributed by atoms with E-state index in [9.17, 15) is 4.79 Å². The third kappa shape index (κ3) is 1.82. The lowest BCUT2D eigenvalue weighted by Crippen LogP contribution is -2.71. The number of β-lactam (4-membered cyclic amide) rings is 1. The number of aryl methyl sites for hydroxylation is 1. The van der Waals surface area contributed by atoms with Gasteiger partial charge < -0.3 is 0 Å². The van der Waals surface area contributed by atoms with Crippen molar-refractivity contribution in [1.29, 1.82) is 0 Å². The highest BCUT2D eigenvalue weighted by atomic mass is 35.5. The number of hydrogen-bond donors (Lipinski definition) is 0. The molecule has 0 spiro atoms. The Labute approximate surface area is 113 Å². The van der Waals surface area contributed by atoms with Gasteiger partial charge in [-0.1, -0.05) is 17.7 Å². The van der Waals surface area contributed by atoms with Crippen molar-refractivity contribution in [3.8, 4) is 0 Å². The van der Waals surface area contributed by atoms with Crippen molar-refractivity contribution in [2.75, 3.05) is 19.0 Å². The number of carbonyl (C=O) groups is 1. The third-order valence-corrected chi connectivity index (χ3v) is 3.99. The lowest BCUT2D eigenvalue weighted by molar-refractivity contribution is -0.142. The van der Waals surface area contributed by atoms with Crippen LogP contribution in [0.2, 0.25) is 5.02 Å². The third-order valence-electron chi connectivity index (χ3n) is 3.58. The molecule has 98 valence electrons. The molecule has 1 saturated heterocycles. The number of nitrogens with zero attached hydrogens (tertiary/aromatic N) is 2. The van der Waals surface area contributed by atoms with Crippen molar-refractivity contribution in [3.63, 3.8) is 0 Å². The van der Waals surface area contributed by atoms with Gasteiger partial charge >= 0.3 is 0 Å². The highest BCUT2D eigenvalue weighted by Gasteiger charge is 2.55. The second-order valence-electron chi connectivity index (χ2n) is 5.67. The molecule has 4 heteroatoms. The van der Waals surface area contributed by atoms with E-state index in [1.54, 1.807) is 0 Å². The highest BCUT2D eigenvalue weighted by molar-refractivity contribution is 6.31. The minimum Gasteiger partial charge on any atom is -0.294 e. The van der Waals surface area contributed by atoms with E-state index < -0.39 is 0 Å². The van der Waals surface area contributed by atoms with Crippen LogP contribution in [0.25, 0.3) is 0 Å². The Morgan fingerprint density at radius 2 is 1.94 bits per heavy atom. The highest BCUT2D eigenvalue weighted by Crippen LogP contribution is 2.43. The average molecular weight is 267 g/mol. The van der Waals surface area contributed by atoms with Gasteiger partial charge in [0, 0.05) is 10.7 Å². The minimum absolute atomic E-state index is 0.0729. The van der Waals surface area contributed by atoms with Crippen molar-refractivity contribution >= 4 is 23.2 Å². The molecule has 0 aliphatic carbocycles. The van der Waals surface area contributed by atoms with Gasteiger partial charge in [-0.15, -0.1) is 0 Å². The first kappa shape index (κ1) is 13.4. The molecule has 1 heterocycles.